The van der Waals surface area contributed by atoms with Crippen molar-refractivity contribution < 1.29 is 9.59 Å². The van der Waals surface area contributed by atoms with Crippen LogP contribution in [0, 0.1) is 0 Å². The van der Waals surface area contributed by atoms with E-state index >= 15 is 0 Å². The van der Waals surface area contributed by atoms with Crippen molar-refractivity contribution in [2.75, 3.05) is 6.26 Å². The van der Waals surface area contributed by atoms with Gasteiger partial charge in [0, 0.05) is 12.7 Å². The fourth-order valence-electron chi connectivity index (χ4n) is 0.844. The van der Waals surface area contributed by atoms with E-state index in [0.717, 1.165) is 0 Å². The fourth-order valence-corrected chi connectivity index (χ4v) is 3.08. The van der Waals surface area contributed by atoms with Gasteiger partial charge in [-0.2, -0.15) is 0 Å². The summed E-state index contributed by atoms with van der Waals surface area (Å²) < 4.78 is 1.23. The maximum atomic E-state index is 11.2. The van der Waals surface area contributed by atoms with Gasteiger partial charge >= 0.3 is 0 Å². The lowest BCUT2D eigenvalue weighted by atomic mass is 10.4. The van der Waals surface area contributed by atoms with Crippen LogP contribution in [0.1, 0.15) is 6.42 Å². The normalized spacial score (nSPS) is 24.9. The van der Waals surface area contributed by atoms with Crippen molar-refractivity contribution in [2.45, 2.75) is 11.7 Å². The molecule has 62 valence electrons. The molecule has 1 heterocycles. The van der Waals surface area contributed by atoms with E-state index in [1.54, 1.807) is 6.26 Å². The monoisotopic (exact) mass is 303 g/mol. The van der Waals surface area contributed by atoms with Gasteiger partial charge in [-0.05, 0) is 33.2 Å². The summed E-state index contributed by atoms with van der Waals surface area (Å²) in [5.74, 6) is -0.140. The van der Waals surface area contributed by atoms with E-state index in [1.807, 2.05) is 21.2 Å². The van der Waals surface area contributed by atoms with Crippen LogP contribution < -0.4 is 0 Å². The molecule has 1 rings (SSSR count). The second-order valence-electron chi connectivity index (χ2n) is 1.99. The molecular formula is C5H6INO2S2. The summed E-state index contributed by atoms with van der Waals surface area (Å²) in [4.78, 5) is 22.3. The van der Waals surface area contributed by atoms with Crippen LogP contribution >= 0.6 is 42.1 Å². The SMILES string of the molecule is CSN1C(=O)CC(SI)C1=O. The summed E-state index contributed by atoms with van der Waals surface area (Å²) in [6.45, 7) is 0. The second-order valence-corrected chi connectivity index (χ2v) is 4.99. The highest BCUT2D eigenvalue weighted by molar-refractivity contribution is 14.2. The molecule has 0 radical (unpaired) electrons. The van der Waals surface area contributed by atoms with Gasteiger partial charge in [0.25, 0.3) is 5.91 Å². The minimum Gasteiger partial charge on any atom is -0.273 e. The lowest BCUT2D eigenvalue weighted by molar-refractivity contribution is -0.131. The third-order valence-electron chi connectivity index (χ3n) is 1.35. The van der Waals surface area contributed by atoms with E-state index in [4.69, 9.17) is 0 Å². The summed E-state index contributed by atoms with van der Waals surface area (Å²) in [5, 5.41) is -0.157. The van der Waals surface area contributed by atoms with Crippen molar-refractivity contribution >= 4 is 53.9 Å². The van der Waals surface area contributed by atoms with Crippen LogP contribution in [0.4, 0.5) is 0 Å². The van der Waals surface area contributed by atoms with E-state index < -0.39 is 0 Å². The van der Waals surface area contributed by atoms with Crippen LogP contribution in [0.5, 0.6) is 0 Å². The Bertz CT molecular complexity index is 199. The van der Waals surface area contributed by atoms with Crippen LogP contribution in [0.3, 0.4) is 0 Å². The Morgan fingerprint density at radius 3 is 2.55 bits per heavy atom. The summed E-state index contributed by atoms with van der Waals surface area (Å²) >= 11 is 3.23. The molecule has 0 saturated carbocycles. The first-order valence-corrected chi connectivity index (χ1v) is 7.49. The molecule has 0 bridgehead atoms. The average molecular weight is 303 g/mol. The maximum Gasteiger partial charge on any atom is 0.253 e. The molecule has 1 aliphatic rings. The van der Waals surface area contributed by atoms with E-state index in [1.165, 1.54) is 25.2 Å². The lowest BCUT2D eigenvalue weighted by Gasteiger charge is -2.07. The summed E-state index contributed by atoms with van der Waals surface area (Å²) in [7, 11) is 1.41. The highest BCUT2D eigenvalue weighted by atomic mass is 127. The van der Waals surface area contributed by atoms with E-state index in [0.29, 0.717) is 6.42 Å². The third-order valence-corrected chi connectivity index (χ3v) is 4.53. The largest absolute Gasteiger partial charge is 0.273 e. The Labute approximate surface area is 85.4 Å². The molecule has 6 heteroatoms. The van der Waals surface area contributed by atoms with Crippen molar-refractivity contribution in [2.24, 2.45) is 0 Å². The van der Waals surface area contributed by atoms with Crippen LogP contribution in [0.15, 0.2) is 0 Å². The first-order chi connectivity index (χ1) is 5.20. The molecule has 0 aromatic heterocycles. The number of halogens is 1. The molecule has 2 amide bonds. The lowest BCUT2D eigenvalue weighted by Crippen LogP contribution is -2.23. The van der Waals surface area contributed by atoms with Crippen molar-refractivity contribution in [1.29, 1.82) is 0 Å². The highest BCUT2D eigenvalue weighted by Crippen LogP contribution is 2.32. The number of rotatable bonds is 2. The Hall–Kier alpha value is 0.570. The molecule has 1 unspecified atom stereocenters. The van der Waals surface area contributed by atoms with Gasteiger partial charge in [0.15, 0.2) is 0 Å². The first-order valence-electron chi connectivity index (χ1n) is 2.89. The highest BCUT2D eigenvalue weighted by Gasteiger charge is 2.38. The predicted molar refractivity (Wildman–Crippen MR) is 55.4 cm³/mol. The van der Waals surface area contributed by atoms with Crippen LogP contribution in [-0.2, 0) is 9.59 Å². The summed E-state index contributed by atoms with van der Waals surface area (Å²) in [6.07, 6.45) is 2.09. The fraction of sp³-hybridized carbons (Fsp3) is 0.600. The maximum absolute atomic E-state index is 11.2. The Morgan fingerprint density at radius 1 is 1.64 bits per heavy atom. The zero-order valence-electron chi connectivity index (χ0n) is 5.74. The zero-order valence-corrected chi connectivity index (χ0v) is 9.53. The van der Waals surface area contributed by atoms with Crippen molar-refractivity contribution in [3.8, 4) is 0 Å². The van der Waals surface area contributed by atoms with Gasteiger partial charge in [0.05, 0.1) is 0 Å². The minimum atomic E-state index is -0.157. The van der Waals surface area contributed by atoms with Gasteiger partial charge < -0.3 is 0 Å². The Morgan fingerprint density at radius 2 is 2.27 bits per heavy atom. The molecule has 0 aromatic rings. The van der Waals surface area contributed by atoms with Gasteiger partial charge in [-0.25, -0.2) is 4.31 Å². The van der Waals surface area contributed by atoms with Crippen molar-refractivity contribution in [3.63, 3.8) is 0 Å². The van der Waals surface area contributed by atoms with Gasteiger partial charge in [0.1, 0.15) is 5.25 Å². The number of hydrogen-bond acceptors (Lipinski definition) is 4. The standard InChI is InChI=1S/C5H6INO2S2/c1-10-7-4(8)2-3(11-6)5(7)9/h3H,2H2,1H3. The predicted octanol–water partition coefficient (Wildman–Crippen LogP) is 1.48. The molecule has 0 aliphatic carbocycles. The molecule has 0 spiro atoms. The number of nitrogens with zero attached hydrogens (tertiary/aromatic N) is 1. The molecule has 1 fully saturated rings. The smallest absolute Gasteiger partial charge is 0.253 e. The number of carbonyl (C=O) groups excluding carboxylic acids is 2. The molecular weight excluding hydrogens is 297 g/mol. The van der Waals surface area contributed by atoms with Gasteiger partial charge in [0.2, 0.25) is 5.91 Å². The van der Waals surface area contributed by atoms with E-state index in [2.05, 4.69) is 0 Å². The molecule has 0 N–H and O–H groups in total. The van der Waals surface area contributed by atoms with Crippen molar-refractivity contribution in [3.05, 3.63) is 0 Å². The second kappa shape index (κ2) is 3.99. The van der Waals surface area contributed by atoms with Crippen LogP contribution in [0.2, 0.25) is 0 Å². The van der Waals surface area contributed by atoms with Gasteiger partial charge in [-0.3, -0.25) is 9.59 Å². The topological polar surface area (TPSA) is 37.4 Å². The van der Waals surface area contributed by atoms with Crippen LogP contribution in [-0.4, -0.2) is 27.6 Å². The summed E-state index contributed by atoms with van der Waals surface area (Å²) in [6, 6.07) is 0. The third kappa shape index (κ3) is 1.83. The molecule has 0 aromatic carbocycles. The molecule has 1 atom stereocenters. The minimum absolute atomic E-state index is 0.0677. The average Bonchev–Trinajstić information content (AvgIpc) is 2.26. The van der Waals surface area contributed by atoms with Crippen molar-refractivity contribution in [1.82, 2.24) is 4.31 Å². The summed E-state index contributed by atoms with van der Waals surface area (Å²) in [5.41, 5.74) is 0. The number of imide groups is 1. The molecule has 1 aliphatic heterocycles. The van der Waals surface area contributed by atoms with E-state index in [-0.39, 0.29) is 17.1 Å². The Balaban J connectivity index is 2.71. The molecule has 11 heavy (non-hydrogen) atoms. The van der Waals surface area contributed by atoms with Crippen LogP contribution in [0.25, 0.3) is 0 Å². The molecule has 1 saturated heterocycles. The molecule has 3 nitrogen and oxygen atoms in total. The zero-order chi connectivity index (χ0) is 8.43. The number of amides is 2. The van der Waals surface area contributed by atoms with Gasteiger partial charge in [-0.1, -0.05) is 8.93 Å². The van der Waals surface area contributed by atoms with E-state index in [9.17, 15) is 9.59 Å². The number of carbonyl (C=O) groups is 2. The quantitative estimate of drug-likeness (QED) is 0.440. The Kier molecular flexibility index (Phi) is 3.51. The first kappa shape index (κ1) is 9.66. The van der Waals surface area contributed by atoms with Gasteiger partial charge in [-0.15, -0.1) is 0 Å². The number of hydrogen-bond donors (Lipinski definition) is 0.